The Morgan fingerprint density at radius 1 is 1.37 bits per heavy atom. The molecule has 2 N–H and O–H groups in total. The van der Waals surface area contributed by atoms with Crippen LogP contribution < -0.4 is 10.6 Å². The van der Waals surface area contributed by atoms with Gasteiger partial charge >= 0.3 is 0 Å². The molecule has 3 heteroatoms. The minimum absolute atomic E-state index is 0.0508. The van der Waals surface area contributed by atoms with Gasteiger partial charge in [-0.05, 0) is 64.3 Å². The summed E-state index contributed by atoms with van der Waals surface area (Å²) in [5.41, 5.74) is 3.20. The summed E-state index contributed by atoms with van der Waals surface area (Å²) in [6, 6.07) is 5.85. The third-order valence-electron chi connectivity index (χ3n) is 3.37. The van der Waals surface area contributed by atoms with E-state index < -0.39 is 0 Å². The van der Waals surface area contributed by atoms with Crippen LogP contribution in [0.15, 0.2) is 18.2 Å². The highest BCUT2D eigenvalue weighted by atomic mass is 16.1. The molecule has 0 aromatic heterocycles. The molecule has 1 aliphatic rings. The molecule has 0 amide bonds. The maximum atomic E-state index is 12.4. The summed E-state index contributed by atoms with van der Waals surface area (Å²) in [5.74, 6) is 0.170. The van der Waals surface area contributed by atoms with Crippen molar-refractivity contribution in [3.63, 3.8) is 0 Å². The maximum Gasteiger partial charge on any atom is 0.179 e. The van der Waals surface area contributed by atoms with Gasteiger partial charge in [-0.2, -0.15) is 0 Å². The molecule has 3 nitrogen and oxygen atoms in total. The average Bonchev–Trinajstić information content (AvgIpc) is 2.35. The van der Waals surface area contributed by atoms with E-state index in [0.29, 0.717) is 0 Å². The highest BCUT2D eigenvalue weighted by molar-refractivity contribution is 6.00. The predicted molar refractivity (Wildman–Crippen MR) is 79.9 cm³/mol. The van der Waals surface area contributed by atoms with Crippen LogP contribution in [0.4, 0.5) is 5.69 Å². The molecular weight excluding hydrogens is 236 g/mol. The fraction of sp³-hybridized carbons (Fsp3) is 0.562. The van der Waals surface area contributed by atoms with Crippen molar-refractivity contribution >= 4 is 11.5 Å². The number of rotatable bonds is 3. The van der Waals surface area contributed by atoms with E-state index >= 15 is 0 Å². The van der Waals surface area contributed by atoms with Gasteiger partial charge in [0.2, 0.25) is 0 Å². The first kappa shape index (κ1) is 14.1. The number of hydrogen-bond acceptors (Lipinski definition) is 3. The number of benzene rings is 1. The number of ketones is 1. The van der Waals surface area contributed by atoms with Crippen molar-refractivity contribution in [2.24, 2.45) is 0 Å². The number of carbonyl (C=O) groups excluding carboxylic acids is 1. The Morgan fingerprint density at radius 2 is 2.11 bits per heavy atom. The molecule has 1 heterocycles. The van der Waals surface area contributed by atoms with E-state index in [1.54, 1.807) is 0 Å². The molecule has 0 bridgehead atoms. The molecule has 104 valence electrons. The van der Waals surface area contributed by atoms with E-state index in [2.05, 4.69) is 31.4 Å². The number of fused-ring (bicyclic) bond motifs is 1. The molecule has 0 spiro atoms. The van der Waals surface area contributed by atoms with Crippen LogP contribution in [0.2, 0.25) is 0 Å². The topological polar surface area (TPSA) is 41.1 Å². The molecule has 1 unspecified atom stereocenters. The van der Waals surface area contributed by atoms with E-state index in [9.17, 15) is 4.79 Å². The highest BCUT2D eigenvalue weighted by Crippen LogP contribution is 2.23. The monoisotopic (exact) mass is 260 g/mol. The third kappa shape index (κ3) is 3.57. The number of nitrogens with one attached hydrogen (secondary N) is 2. The summed E-state index contributed by atoms with van der Waals surface area (Å²) in [6.07, 6.45) is 2.20. The molecule has 0 fully saturated rings. The predicted octanol–water partition coefficient (Wildman–Crippen LogP) is 3.00. The van der Waals surface area contributed by atoms with Gasteiger partial charge in [0.05, 0.1) is 6.04 Å². The number of hydrogen-bond donors (Lipinski definition) is 2. The van der Waals surface area contributed by atoms with E-state index in [1.807, 2.05) is 25.1 Å². The molecular formula is C16H24N2O. The maximum absolute atomic E-state index is 12.4. The fourth-order valence-electron chi connectivity index (χ4n) is 2.59. The fourth-order valence-corrected chi connectivity index (χ4v) is 2.59. The van der Waals surface area contributed by atoms with Crippen molar-refractivity contribution in [3.8, 4) is 0 Å². The molecule has 0 aliphatic carbocycles. The van der Waals surface area contributed by atoms with Crippen molar-refractivity contribution in [3.05, 3.63) is 29.3 Å². The summed E-state index contributed by atoms with van der Waals surface area (Å²) in [6.45, 7) is 9.20. The van der Waals surface area contributed by atoms with Gasteiger partial charge in [0.15, 0.2) is 5.78 Å². The van der Waals surface area contributed by atoms with Crippen LogP contribution in [0.5, 0.6) is 0 Å². The normalized spacial score (nSPS) is 16.4. The highest BCUT2D eigenvalue weighted by Gasteiger charge is 2.21. The number of aryl methyl sites for hydroxylation is 1. The Balaban J connectivity index is 2.15. The minimum atomic E-state index is -0.158. The van der Waals surface area contributed by atoms with Gasteiger partial charge in [-0.25, -0.2) is 0 Å². The van der Waals surface area contributed by atoms with Crippen LogP contribution in [0.3, 0.4) is 0 Å². The van der Waals surface area contributed by atoms with E-state index in [-0.39, 0.29) is 17.4 Å². The van der Waals surface area contributed by atoms with E-state index in [1.165, 1.54) is 11.3 Å². The summed E-state index contributed by atoms with van der Waals surface area (Å²) in [7, 11) is 0. The quantitative estimate of drug-likeness (QED) is 0.821. The van der Waals surface area contributed by atoms with E-state index in [4.69, 9.17) is 0 Å². The second-order valence-corrected chi connectivity index (χ2v) is 6.38. The smallest absolute Gasteiger partial charge is 0.179 e. The second kappa shape index (κ2) is 5.33. The standard InChI is InChI=1S/C16H24N2O/c1-11(18-16(2,3)4)15(19)13-7-8-14-12(10-13)6-5-9-17-14/h7-8,10-11,17-18H,5-6,9H2,1-4H3. The zero-order chi connectivity index (χ0) is 14.0. The van der Waals surface area contributed by atoms with Crippen LogP contribution in [0, 0.1) is 0 Å². The molecule has 19 heavy (non-hydrogen) atoms. The van der Waals surface area contributed by atoms with Crippen molar-refractivity contribution in [1.82, 2.24) is 5.32 Å². The lowest BCUT2D eigenvalue weighted by Crippen LogP contribution is -2.46. The molecule has 1 aromatic carbocycles. The number of Topliss-reactive ketones (excluding diaryl/α,β-unsaturated/α-hetero) is 1. The van der Waals surface area contributed by atoms with Crippen molar-refractivity contribution in [2.45, 2.75) is 52.1 Å². The van der Waals surface area contributed by atoms with Crippen LogP contribution in [0.1, 0.15) is 50.0 Å². The van der Waals surface area contributed by atoms with Gasteiger partial charge in [0.1, 0.15) is 0 Å². The largest absolute Gasteiger partial charge is 0.385 e. The summed E-state index contributed by atoms with van der Waals surface area (Å²) < 4.78 is 0. The summed E-state index contributed by atoms with van der Waals surface area (Å²) >= 11 is 0. The number of anilines is 1. The van der Waals surface area contributed by atoms with Crippen LogP contribution in [-0.2, 0) is 6.42 Å². The van der Waals surface area contributed by atoms with Crippen molar-refractivity contribution in [2.75, 3.05) is 11.9 Å². The van der Waals surface area contributed by atoms with Gasteiger partial charge in [-0.3, -0.25) is 4.79 Å². The van der Waals surface area contributed by atoms with Gasteiger partial charge in [0.25, 0.3) is 0 Å². The Kier molecular flexibility index (Phi) is 3.95. The first-order valence-electron chi connectivity index (χ1n) is 7.05. The minimum Gasteiger partial charge on any atom is -0.385 e. The molecule has 1 aromatic rings. The molecule has 1 atom stereocenters. The van der Waals surface area contributed by atoms with Gasteiger partial charge in [0, 0.05) is 23.3 Å². The zero-order valence-electron chi connectivity index (χ0n) is 12.3. The first-order valence-corrected chi connectivity index (χ1v) is 7.05. The molecule has 1 aliphatic heterocycles. The van der Waals surface area contributed by atoms with Gasteiger partial charge in [-0.15, -0.1) is 0 Å². The third-order valence-corrected chi connectivity index (χ3v) is 3.37. The Bertz CT molecular complexity index is 474. The zero-order valence-corrected chi connectivity index (χ0v) is 12.3. The molecule has 0 saturated carbocycles. The first-order chi connectivity index (χ1) is 8.87. The van der Waals surface area contributed by atoms with Crippen molar-refractivity contribution < 1.29 is 4.79 Å². The van der Waals surface area contributed by atoms with Crippen LogP contribution >= 0.6 is 0 Å². The summed E-state index contributed by atoms with van der Waals surface area (Å²) in [4.78, 5) is 12.4. The lowest BCUT2D eigenvalue weighted by molar-refractivity contribution is 0.0935. The van der Waals surface area contributed by atoms with Gasteiger partial charge < -0.3 is 10.6 Å². The lowest BCUT2D eigenvalue weighted by Gasteiger charge is -2.25. The van der Waals surface area contributed by atoms with Gasteiger partial charge in [-0.1, -0.05) is 0 Å². The Morgan fingerprint density at radius 3 is 2.79 bits per heavy atom. The Hall–Kier alpha value is -1.35. The van der Waals surface area contributed by atoms with E-state index in [0.717, 1.165) is 24.9 Å². The lowest BCUT2D eigenvalue weighted by atomic mass is 9.96. The van der Waals surface area contributed by atoms with Crippen LogP contribution in [0.25, 0.3) is 0 Å². The second-order valence-electron chi connectivity index (χ2n) is 6.38. The Labute approximate surface area is 115 Å². The molecule has 2 rings (SSSR count). The van der Waals surface area contributed by atoms with Crippen molar-refractivity contribution in [1.29, 1.82) is 0 Å². The van der Waals surface area contributed by atoms with Crippen LogP contribution in [-0.4, -0.2) is 23.9 Å². The molecule has 0 saturated heterocycles. The SMILES string of the molecule is CC(NC(C)(C)C)C(=O)c1ccc2c(c1)CCCN2. The summed E-state index contributed by atoms with van der Waals surface area (Å²) in [5, 5.41) is 6.70. The average molecular weight is 260 g/mol. The molecule has 0 radical (unpaired) electrons. The number of carbonyl (C=O) groups is 1.